The molecule has 10 atom stereocenters. The van der Waals surface area contributed by atoms with Gasteiger partial charge in [-0.1, -0.05) is 39.0 Å². The zero-order valence-electron chi connectivity index (χ0n) is 22.4. The summed E-state index contributed by atoms with van der Waals surface area (Å²) in [5.41, 5.74) is 0. The number of aliphatic hydroxyl groups excluding tert-OH is 5. The maximum Gasteiger partial charge on any atom is 1.00 e. The van der Waals surface area contributed by atoms with Crippen molar-refractivity contribution < 1.29 is 96.3 Å². The van der Waals surface area contributed by atoms with Gasteiger partial charge in [0.1, 0.15) is 48.8 Å². The van der Waals surface area contributed by atoms with Gasteiger partial charge in [-0.05, 0) is 19.2 Å². The summed E-state index contributed by atoms with van der Waals surface area (Å²) < 4.78 is 57.1. The van der Waals surface area contributed by atoms with Crippen molar-refractivity contribution in [1.82, 2.24) is 0 Å². The normalized spacial score (nSPS) is 35.9. The van der Waals surface area contributed by atoms with Gasteiger partial charge < -0.3 is 49.6 Å². The molecule has 0 aromatic rings. The zero-order valence-corrected chi connectivity index (χ0v) is 25.3. The van der Waals surface area contributed by atoms with E-state index in [1.807, 2.05) is 0 Å². The number of hydrogen-bond donors (Lipinski definition) is 6. The van der Waals surface area contributed by atoms with Crippen molar-refractivity contribution in [1.29, 1.82) is 0 Å². The molecule has 2 heterocycles. The molecule has 2 aliphatic heterocycles. The monoisotopic (exact) mass is 597 g/mol. The standard InChI is InChI=1S/C22H41NO14S.Na/c1-3-4-5-6-7-8-9-33-21-15(23-12(2)25)17(27)20(13(10-24)35-21)37-22-19(29)18(28)16(26)14(36-22)11-34-38(30,31)32;/h13-22,24,26-29H,3-11H2,1-2H3,(H,23,25)(H,30,31,32);/q;+1/p-1/t13-,14-,15-,16+,17-,18+,19-,20-,21-,22+;/m1./s1. The van der Waals surface area contributed by atoms with E-state index < -0.39 is 90.9 Å². The fraction of sp³-hybridized carbons (Fsp3) is 0.955. The van der Waals surface area contributed by atoms with Gasteiger partial charge in [0.25, 0.3) is 0 Å². The number of aliphatic imine (C=N–C) groups is 1. The molecule has 0 aromatic carbocycles. The van der Waals surface area contributed by atoms with Crippen molar-refractivity contribution in [3.05, 3.63) is 0 Å². The molecular formula is C22H40NNaO14S. The Labute approximate surface area is 250 Å². The average molecular weight is 598 g/mol. The summed E-state index contributed by atoms with van der Waals surface area (Å²) in [6.07, 6.45) is -8.48. The summed E-state index contributed by atoms with van der Waals surface area (Å²) in [6, 6.07) is -1.27. The first-order chi connectivity index (χ1) is 17.9. The minimum absolute atomic E-state index is 0. The van der Waals surface area contributed by atoms with Crippen LogP contribution in [0.25, 0.3) is 0 Å². The number of unbranched alkanes of at least 4 members (excludes halogenated alkanes) is 5. The predicted molar refractivity (Wildman–Crippen MR) is 127 cm³/mol. The second-order valence-electron chi connectivity index (χ2n) is 9.32. The number of hydrogen-bond acceptors (Lipinski definition) is 14. The van der Waals surface area contributed by atoms with E-state index in [2.05, 4.69) is 16.1 Å². The fourth-order valence-electron chi connectivity index (χ4n) is 4.26. The molecule has 0 radical (unpaired) electrons. The summed E-state index contributed by atoms with van der Waals surface area (Å²) in [5.74, 6) is -0.637. The summed E-state index contributed by atoms with van der Waals surface area (Å²) in [6.45, 7) is 1.91. The largest absolute Gasteiger partial charge is 1.00 e. The summed E-state index contributed by atoms with van der Waals surface area (Å²) in [5, 5.41) is 63.3. The molecule has 0 amide bonds. The Morgan fingerprint density at radius 3 is 2.13 bits per heavy atom. The molecule has 6 N–H and O–H groups in total. The SMILES string of the molecule is CCCCCCCCO[C@@H]1O[C@H](CO)[C@@H](O[C@@H]2O[C@H](COS(=O)(=O)O)[C@H](O)[C@H](O)[C@H]2O)[C@H](O)[C@H]1N=C(C)[O-].[Na+]. The Bertz CT molecular complexity index is 832. The quantitative estimate of drug-likeness (QED) is 0.0340. The third-order valence-corrected chi connectivity index (χ3v) is 6.71. The van der Waals surface area contributed by atoms with E-state index in [4.69, 9.17) is 23.5 Å². The molecule has 224 valence electrons. The molecule has 0 aliphatic carbocycles. The Kier molecular flexibility index (Phi) is 16.9. The van der Waals surface area contributed by atoms with E-state index in [9.17, 15) is 39.1 Å². The molecule has 0 spiro atoms. The van der Waals surface area contributed by atoms with E-state index in [0.29, 0.717) is 6.42 Å². The van der Waals surface area contributed by atoms with Crippen LogP contribution < -0.4 is 34.7 Å². The third kappa shape index (κ3) is 11.6. The van der Waals surface area contributed by atoms with E-state index in [1.54, 1.807) is 0 Å². The maximum absolute atomic E-state index is 11.8. The van der Waals surface area contributed by atoms with Crippen LogP contribution in [0.3, 0.4) is 0 Å². The minimum atomic E-state index is -4.91. The molecule has 15 nitrogen and oxygen atoms in total. The molecule has 2 aliphatic rings. The minimum Gasteiger partial charge on any atom is -0.862 e. The Morgan fingerprint density at radius 1 is 0.923 bits per heavy atom. The van der Waals surface area contributed by atoms with Crippen LogP contribution in [0, 0.1) is 0 Å². The van der Waals surface area contributed by atoms with Crippen molar-refractivity contribution in [2.75, 3.05) is 19.8 Å². The second-order valence-corrected chi connectivity index (χ2v) is 10.4. The number of nitrogens with zero attached hydrogens (tertiary/aromatic N) is 1. The van der Waals surface area contributed by atoms with Crippen LogP contribution in [-0.2, 0) is 33.5 Å². The van der Waals surface area contributed by atoms with Crippen LogP contribution in [0.2, 0.25) is 0 Å². The molecule has 0 unspecified atom stereocenters. The summed E-state index contributed by atoms with van der Waals surface area (Å²) >= 11 is 0. The number of rotatable bonds is 15. The van der Waals surface area contributed by atoms with Crippen LogP contribution in [0.15, 0.2) is 4.99 Å². The molecular weight excluding hydrogens is 557 g/mol. The molecule has 0 saturated carbocycles. The number of ether oxygens (including phenoxy) is 4. The van der Waals surface area contributed by atoms with Crippen LogP contribution in [0.4, 0.5) is 0 Å². The zero-order chi connectivity index (χ0) is 28.5. The summed E-state index contributed by atoms with van der Waals surface area (Å²) in [4.78, 5) is 3.86. The fourth-order valence-corrected chi connectivity index (χ4v) is 4.57. The van der Waals surface area contributed by atoms with Crippen molar-refractivity contribution >= 4 is 16.3 Å². The third-order valence-electron chi connectivity index (χ3n) is 6.27. The first-order valence-corrected chi connectivity index (χ1v) is 14.0. The van der Waals surface area contributed by atoms with Gasteiger partial charge in [0.05, 0.1) is 13.2 Å². The maximum atomic E-state index is 11.8. The first kappa shape index (κ1) is 37.0. The Hall–Kier alpha value is -0.0200. The van der Waals surface area contributed by atoms with E-state index >= 15 is 0 Å². The van der Waals surface area contributed by atoms with E-state index in [0.717, 1.165) is 39.0 Å². The smallest absolute Gasteiger partial charge is 0.862 e. The van der Waals surface area contributed by atoms with E-state index in [1.165, 1.54) is 0 Å². The van der Waals surface area contributed by atoms with Crippen LogP contribution in [0.1, 0.15) is 52.4 Å². The van der Waals surface area contributed by atoms with Crippen molar-refractivity contribution in [2.24, 2.45) is 4.99 Å². The van der Waals surface area contributed by atoms with Crippen LogP contribution in [0.5, 0.6) is 0 Å². The van der Waals surface area contributed by atoms with Crippen molar-refractivity contribution in [3.8, 4) is 0 Å². The van der Waals surface area contributed by atoms with Crippen LogP contribution in [-0.4, -0.2) is 126 Å². The predicted octanol–water partition coefficient (Wildman–Crippen LogP) is -5.39. The molecule has 17 heteroatoms. The van der Waals surface area contributed by atoms with Gasteiger partial charge >= 0.3 is 40.0 Å². The molecule has 2 saturated heterocycles. The van der Waals surface area contributed by atoms with E-state index in [-0.39, 0.29) is 36.2 Å². The Balaban J connectivity index is 0.00000760. The van der Waals surface area contributed by atoms with Gasteiger partial charge in [-0.3, -0.25) is 9.55 Å². The molecule has 2 rings (SSSR count). The summed E-state index contributed by atoms with van der Waals surface area (Å²) in [7, 11) is -4.91. The molecule has 39 heavy (non-hydrogen) atoms. The molecule has 0 bridgehead atoms. The molecule has 2 fully saturated rings. The topological polar surface area (TPSA) is 237 Å². The van der Waals surface area contributed by atoms with Gasteiger partial charge in [-0.2, -0.15) is 8.42 Å². The van der Waals surface area contributed by atoms with Crippen molar-refractivity contribution in [2.45, 2.75) is 114 Å². The van der Waals surface area contributed by atoms with Gasteiger partial charge in [-0.15, -0.1) is 0 Å². The van der Waals surface area contributed by atoms with Crippen LogP contribution >= 0.6 is 0 Å². The number of aliphatic hydroxyl groups is 5. The van der Waals surface area contributed by atoms with Gasteiger partial charge in [0, 0.05) is 6.61 Å². The Morgan fingerprint density at radius 2 is 1.54 bits per heavy atom. The second kappa shape index (κ2) is 17.8. The van der Waals surface area contributed by atoms with Gasteiger partial charge in [0.15, 0.2) is 12.6 Å². The molecule has 0 aromatic heterocycles. The van der Waals surface area contributed by atoms with Crippen molar-refractivity contribution in [3.63, 3.8) is 0 Å². The first-order valence-electron chi connectivity index (χ1n) is 12.6. The van der Waals surface area contributed by atoms with Gasteiger partial charge in [0.2, 0.25) is 0 Å². The average Bonchev–Trinajstić information content (AvgIpc) is 2.85. The van der Waals surface area contributed by atoms with Gasteiger partial charge in [-0.25, -0.2) is 4.18 Å².